The number of hydrogen-bond acceptors (Lipinski definition) is 17. The smallest absolute Gasteiger partial charge is 0.408 e. The number of hydrogen-bond donors (Lipinski definition) is 14. The van der Waals surface area contributed by atoms with E-state index in [1.807, 2.05) is 6.07 Å². The van der Waals surface area contributed by atoms with Crippen LogP contribution in [0.3, 0.4) is 0 Å². The minimum Gasteiger partial charge on any atom is -0.508 e. The number of benzene rings is 3. The van der Waals surface area contributed by atoms with Gasteiger partial charge in [-0.1, -0.05) is 61.5 Å². The van der Waals surface area contributed by atoms with Crippen molar-refractivity contribution in [2.75, 3.05) is 123 Å². The Hall–Kier alpha value is -9.13. The highest BCUT2D eigenvalue weighted by molar-refractivity contribution is 5.93. The van der Waals surface area contributed by atoms with E-state index in [1.165, 1.54) is 12.1 Å². The number of carboxylic acids is 3. The number of aliphatic carboxylic acids is 3. The third-order valence-electron chi connectivity index (χ3n) is 14.0. The van der Waals surface area contributed by atoms with Crippen LogP contribution in [0.1, 0.15) is 82.4 Å². The molecule has 0 spiro atoms. The van der Waals surface area contributed by atoms with Crippen LogP contribution in [0.4, 0.5) is 15.3 Å². The summed E-state index contributed by atoms with van der Waals surface area (Å²) in [7, 11) is 0. The van der Waals surface area contributed by atoms with Gasteiger partial charge in [-0.15, -0.1) is 0 Å². The van der Waals surface area contributed by atoms with Crippen LogP contribution in [-0.4, -0.2) is 241 Å². The number of carbonyl (C=O) groups is 10. The van der Waals surface area contributed by atoms with Crippen LogP contribution >= 0.6 is 0 Å². The second kappa shape index (κ2) is 39.8. The minimum atomic E-state index is -1.07. The van der Waals surface area contributed by atoms with Gasteiger partial charge in [-0.3, -0.25) is 58.0 Å². The molecule has 30 nitrogen and oxygen atoms in total. The van der Waals surface area contributed by atoms with Gasteiger partial charge >= 0.3 is 30.0 Å². The number of guanidine groups is 1. The number of aromatic hydroxyl groups is 1. The van der Waals surface area contributed by atoms with Crippen molar-refractivity contribution in [3.63, 3.8) is 0 Å². The Bertz CT molecular complexity index is 2830. The molecule has 1 saturated heterocycles. The standard InChI is InChI=1S/C61H91N15O15/c1-5-49(78)65-26-28-68-59(89)72-58(62)67-24-10-13-47(56(87)69-37-42-15-21-46(77)22-16-42)70-57(88)54(43-11-7-6-8-12-43)44-17-19-45(20-18-44)63-25-27-66-55(86)48(71-60(90)91-61(2,3)4)14-9-23-64-50(79)38-73-29-31-74(39-51(80)81)33-35-76(41-53(84)85)36-34-75(32-30-73)40-52(82)83/h6-8,11-12,15-22,47-48,54,63,77H,5,9-10,13-14,23-41H2,1-4H3,(H,64,79)(H,65,78)(H,66,86)(H,69,87)(H,70,88)(H,71,90)(H,80,81)(H,82,83)(H,84,85)(H4,62,67,68,72,89)/t47-,48-,54?/m1/s1. The molecule has 0 aliphatic carbocycles. The normalized spacial score (nSPS) is 14.9. The van der Waals surface area contributed by atoms with E-state index in [9.17, 15) is 68.4 Å². The molecule has 3 aromatic rings. The number of aliphatic imine (C=N–C) groups is 1. The Morgan fingerprint density at radius 1 is 0.538 bits per heavy atom. The third kappa shape index (κ3) is 31.3. The monoisotopic (exact) mass is 1270 g/mol. The fraction of sp³-hybridized carbons (Fsp3) is 0.525. The van der Waals surface area contributed by atoms with Crippen LogP contribution in [0.5, 0.6) is 5.75 Å². The maximum Gasteiger partial charge on any atom is 0.408 e. The van der Waals surface area contributed by atoms with Crippen LogP contribution < -0.4 is 53.6 Å². The van der Waals surface area contributed by atoms with Gasteiger partial charge in [-0.25, -0.2) is 9.59 Å². The van der Waals surface area contributed by atoms with Gasteiger partial charge in [0, 0.05) is 110 Å². The highest BCUT2D eigenvalue weighted by atomic mass is 16.6. The molecule has 0 aromatic heterocycles. The van der Waals surface area contributed by atoms with E-state index in [1.54, 1.807) is 108 Å². The fourth-order valence-electron chi connectivity index (χ4n) is 9.40. The number of nitrogens with zero attached hydrogens (tertiary/aromatic N) is 5. The molecule has 500 valence electrons. The van der Waals surface area contributed by atoms with Gasteiger partial charge in [-0.2, -0.15) is 4.99 Å². The first-order valence-corrected chi connectivity index (χ1v) is 30.3. The third-order valence-corrected chi connectivity index (χ3v) is 14.0. The molecule has 8 amide bonds. The number of nitrogens with two attached hydrogens (primary N) is 1. The van der Waals surface area contributed by atoms with E-state index >= 15 is 0 Å². The number of nitrogens with one attached hydrogen (secondary N) is 9. The molecule has 15 N–H and O–H groups in total. The summed E-state index contributed by atoms with van der Waals surface area (Å²) in [6.45, 7) is 8.71. The second-order valence-electron chi connectivity index (χ2n) is 22.6. The van der Waals surface area contributed by atoms with Crippen LogP contribution in [0.15, 0.2) is 83.9 Å². The molecule has 3 aromatic carbocycles. The second-order valence-corrected chi connectivity index (χ2v) is 22.6. The highest BCUT2D eigenvalue weighted by Crippen LogP contribution is 2.27. The van der Waals surface area contributed by atoms with E-state index in [-0.39, 0.29) is 167 Å². The Labute approximate surface area is 529 Å². The molecule has 0 radical (unpaired) electrons. The molecule has 4 rings (SSSR count). The average Bonchev–Trinajstić information content (AvgIpc) is 1.02. The first-order valence-electron chi connectivity index (χ1n) is 30.3. The van der Waals surface area contributed by atoms with Gasteiger partial charge in [0.2, 0.25) is 29.5 Å². The van der Waals surface area contributed by atoms with Gasteiger partial charge in [-0.05, 0) is 87.4 Å². The maximum absolute atomic E-state index is 14.5. The molecule has 3 atom stereocenters. The number of anilines is 1. The van der Waals surface area contributed by atoms with E-state index in [0.29, 0.717) is 35.2 Å². The molecular formula is C61H91N15O15. The quantitative estimate of drug-likeness (QED) is 0.0217. The van der Waals surface area contributed by atoms with Gasteiger partial charge in [0.15, 0.2) is 5.96 Å². The van der Waals surface area contributed by atoms with E-state index < -0.39 is 71.4 Å². The number of carboxylic acid groups (broad SMARTS) is 3. The number of phenolic OH excluding ortho intramolecular Hbond substituents is 1. The van der Waals surface area contributed by atoms with Gasteiger partial charge in [0.05, 0.1) is 32.1 Å². The van der Waals surface area contributed by atoms with Crippen molar-refractivity contribution in [3.8, 4) is 5.75 Å². The van der Waals surface area contributed by atoms with Crippen LogP contribution in [0, 0.1) is 0 Å². The number of ether oxygens (including phenoxy) is 1. The van der Waals surface area contributed by atoms with Crippen molar-refractivity contribution in [2.45, 2.75) is 89.9 Å². The molecule has 91 heavy (non-hydrogen) atoms. The summed E-state index contributed by atoms with van der Waals surface area (Å²) in [6.07, 6.45) is 0.297. The number of rotatable bonds is 33. The summed E-state index contributed by atoms with van der Waals surface area (Å²) in [5.41, 5.74) is 7.69. The lowest BCUT2D eigenvalue weighted by Gasteiger charge is -2.32. The van der Waals surface area contributed by atoms with E-state index in [4.69, 9.17) is 10.5 Å². The zero-order valence-corrected chi connectivity index (χ0v) is 52.3. The molecular weight excluding hydrogens is 1180 g/mol. The summed E-state index contributed by atoms with van der Waals surface area (Å²) in [5, 5.41) is 63.8. The zero-order chi connectivity index (χ0) is 66.7. The Morgan fingerprint density at radius 3 is 1.54 bits per heavy atom. The topological polar surface area (TPSA) is 420 Å². The lowest BCUT2D eigenvalue weighted by Crippen LogP contribution is -2.50. The van der Waals surface area contributed by atoms with Gasteiger partial charge < -0.3 is 78.7 Å². The van der Waals surface area contributed by atoms with Gasteiger partial charge in [0.1, 0.15) is 23.4 Å². The van der Waals surface area contributed by atoms with Crippen LogP contribution in [0.2, 0.25) is 0 Å². The fourth-order valence-corrected chi connectivity index (χ4v) is 9.40. The maximum atomic E-state index is 14.5. The summed E-state index contributed by atoms with van der Waals surface area (Å²) >= 11 is 0. The molecule has 30 heteroatoms. The highest BCUT2D eigenvalue weighted by Gasteiger charge is 2.29. The minimum absolute atomic E-state index is 0.0615. The predicted molar refractivity (Wildman–Crippen MR) is 338 cm³/mol. The number of alkyl carbamates (subject to hydrolysis) is 1. The first-order chi connectivity index (χ1) is 43.4. The number of urea groups is 1. The summed E-state index contributed by atoms with van der Waals surface area (Å²) in [5.74, 6) is -6.18. The van der Waals surface area contributed by atoms with Crippen LogP contribution in [0.25, 0.3) is 0 Å². The summed E-state index contributed by atoms with van der Waals surface area (Å²) in [4.78, 5) is 138. The lowest BCUT2D eigenvalue weighted by atomic mass is 9.90. The predicted octanol–water partition coefficient (Wildman–Crippen LogP) is 0.0388. The van der Waals surface area contributed by atoms with Gasteiger partial charge in [0.25, 0.3) is 0 Å². The molecule has 1 aliphatic heterocycles. The number of amides is 8. The van der Waals surface area contributed by atoms with Crippen molar-refractivity contribution in [2.24, 2.45) is 10.7 Å². The lowest BCUT2D eigenvalue weighted by molar-refractivity contribution is -0.140. The zero-order valence-electron chi connectivity index (χ0n) is 52.3. The van der Waals surface area contributed by atoms with Crippen molar-refractivity contribution in [1.82, 2.24) is 62.1 Å². The summed E-state index contributed by atoms with van der Waals surface area (Å²) < 4.78 is 5.45. The Balaban J connectivity index is 1.37. The number of phenols is 1. The van der Waals surface area contributed by atoms with E-state index in [2.05, 4.69) is 52.8 Å². The molecule has 1 unspecified atom stereocenters. The molecule has 1 aliphatic rings. The van der Waals surface area contributed by atoms with Crippen molar-refractivity contribution < 1.29 is 73.1 Å². The van der Waals surface area contributed by atoms with Crippen molar-refractivity contribution in [1.29, 1.82) is 0 Å². The molecule has 1 heterocycles. The molecule has 0 bridgehead atoms. The largest absolute Gasteiger partial charge is 0.508 e. The SMILES string of the molecule is CCC(=O)NCCNC(=O)/N=C(/N)NCCC[C@@H](NC(=O)C(c1ccccc1)c1ccc(NCCNC(=O)[C@@H](CCCNC(=O)CN2CCN(CC(=O)O)CCN(CC(=O)O)CCN(CC(=O)O)CC2)NC(=O)OC(C)(C)C)cc1)C(=O)NCc1ccc(O)cc1. The first kappa shape index (κ1) is 74.3. The molecule has 0 saturated carbocycles. The average molecular weight is 1270 g/mol. The Morgan fingerprint density at radius 2 is 1.01 bits per heavy atom. The van der Waals surface area contributed by atoms with Crippen molar-refractivity contribution in [3.05, 3.63) is 95.6 Å². The van der Waals surface area contributed by atoms with Crippen LogP contribution in [-0.2, 0) is 49.6 Å². The summed E-state index contributed by atoms with van der Waals surface area (Å²) in [6, 6.07) is 19.6. The number of carbonyl (C=O) groups excluding carboxylic acids is 7. The van der Waals surface area contributed by atoms with E-state index in [0.717, 1.165) is 0 Å². The Kier molecular flexibility index (Phi) is 32.5. The molecule has 1 fully saturated rings. The van der Waals surface area contributed by atoms with Crippen molar-refractivity contribution >= 4 is 71.2 Å².